The Kier molecular flexibility index (Phi) is 4.53. The van der Waals surface area contributed by atoms with E-state index in [0.717, 1.165) is 18.4 Å². The van der Waals surface area contributed by atoms with Gasteiger partial charge < -0.3 is 10.4 Å². The van der Waals surface area contributed by atoms with Gasteiger partial charge in [-0.2, -0.15) is 0 Å². The molecular weight excluding hydrogens is 236 g/mol. The first kappa shape index (κ1) is 13.6. The smallest absolute Gasteiger partial charge is 0.115 e. The third-order valence-corrected chi connectivity index (χ3v) is 3.40. The molecule has 0 saturated carbocycles. The lowest BCUT2D eigenvalue weighted by Gasteiger charge is -2.19. The number of likely N-dealkylation sites (N-methyl/N-ethyl adjacent to an activating group) is 1. The molecule has 0 aliphatic rings. The van der Waals surface area contributed by atoms with E-state index in [1.54, 1.807) is 6.07 Å². The molecule has 1 aromatic heterocycles. The Morgan fingerprint density at radius 2 is 2.16 bits per heavy atom. The molecule has 0 bridgehead atoms. The zero-order valence-corrected chi connectivity index (χ0v) is 11.4. The average molecular weight is 256 g/mol. The van der Waals surface area contributed by atoms with Crippen LogP contribution in [0, 0.1) is 0 Å². The zero-order chi connectivity index (χ0) is 13.7. The minimum Gasteiger partial charge on any atom is -0.508 e. The molecule has 0 saturated heterocycles. The molecule has 19 heavy (non-hydrogen) atoms. The predicted octanol–water partition coefficient (Wildman–Crippen LogP) is 2.85. The number of aromatic nitrogens is 1. The van der Waals surface area contributed by atoms with Crippen LogP contribution in [0.1, 0.15) is 29.7 Å². The number of phenols is 1. The van der Waals surface area contributed by atoms with Crippen LogP contribution >= 0.6 is 0 Å². The number of benzene rings is 1. The van der Waals surface area contributed by atoms with Crippen molar-refractivity contribution in [2.75, 3.05) is 7.05 Å². The summed E-state index contributed by atoms with van der Waals surface area (Å²) in [4.78, 5) is 4.19. The number of aromatic hydroxyl groups is 1. The molecule has 3 nitrogen and oxygen atoms in total. The fourth-order valence-electron chi connectivity index (χ4n) is 2.36. The minimum atomic E-state index is 0.236. The van der Waals surface area contributed by atoms with Crippen molar-refractivity contribution >= 4 is 0 Å². The minimum absolute atomic E-state index is 0.236. The normalized spacial score (nSPS) is 12.3. The highest BCUT2D eigenvalue weighted by Crippen LogP contribution is 2.23. The van der Waals surface area contributed by atoms with Gasteiger partial charge in [0.1, 0.15) is 5.75 Å². The van der Waals surface area contributed by atoms with Gasteiger partial charge in [0, 0.05) is 18.4 Å². The molecule has 1 aromatic carbocycles. The molecule has 3 heteroatoms. The Balaban J connectivity index is 2.25. The van der Waals surface area contributed by atoms with Crippen molar-refractivity contribution in [3.05, 3.63) is 59.4 Å². The van der Waals surface area contributed by atoms with E-state index in [-0.39, 0.29) is 6.04 Å². The van der Waals surface area contributed by atoms with Crippen molar-refractivity contribution in [3.8, 4) is 5.75 Å². The molecule has 0 radical (unpaired) electrons. The maximum atomic E-state index is 9.54. The largest absolute Gasteiger partial charge is 0.508 e. The Morgan fingerprint density at radius 3 is 2.84 bits per heavy atom. The first-order valence-electron chi connectivity index (χ1n) is 6.62. The maximum Gasteiger partial charge on any atom is 0.115 e. The van der Waals surface area contributed by atoms with E-state index in [2.05, 4.69) is 23.3 Å². The van der Waals surface area contributed by atoms with Crippen molar-refractivity contribution in [3.63, 3.8) is 0 Å². The fourth-order valence-corrected chi connectivity index (χ4v) is 2.36. The second-order valence-electron chi connectivity index (χ2n) is 4.64. The lowest BCUT2D eigenvalue weighted by atomic mass is 9.95. The van der Waals surface area contributed by atoms with Crippen LogP contribution in [0.3, 0.4) is 0 Å². The van der Waals surface area contributed by atoms with Crippen LogP contribution in [0.5, 0.6) is 5.75 Å². The summed E-state index contributed by atoms with van der Waals surface area (Å²) in [5.41, 5.74) is 3.67. The van der Waals surface area contributed by atoms with Crippen molar-refractivity contribution in [1.82, 2.24) is 10.3 Å². The molecule has 0 spiro atoms. The van der Waals surface area contributed by atoms with Crippen LogP contribution in [0.2, 0.25) is 0 Å². The van der Waals surface area contributed by atoms with E-state index in [0.29, 0.717) is 5.75 Å². The topological polar surface area (TPSA) is 45.2 Å². The molecule has 2 rings (SSSR count). The van der Waals surface area contributed by atoms with Crippen LogP contribution in [-0.4, -0.2) is 17.1 Å². The van der Waals surface area contributed by atoms with E-state index in [9.17, 15) is 5.11 Å². The van der Waals surface area contributed by atoms with Gasteiger partial charge in [-0.1, -0.05) is 19.1 Å². The van der Waals surface area contributed by atoms with E-state index < -0.39 is 0 Å². The molecule has 0 amide bonds. The Morgan fingerprint density at radius 1 is 1.32 bits per heavy atom. The summed E-state index contributed by atoms with van der Waals surface area (Å²) in [5, 5.41) is 12.9. The highest BCUT2D eigenvalue weighted by Gasteiger charge is 2.13. The molecule has 1 heterocycles. The summed E-state index contributed by atoms with van der Waals surface area (Å²) in [6.45, 7) is 2.14. The molecule has 1 atom stereocenters. The number of nitrogens with one attached hydrogen (secondary N) is 1. The van der Waals surface area contributed by atoms with E-state index >= 15 is 0 Å². The van der Waals surface area contributed by atoms with Gasteiger partial charge in [-0.15, -0.1) is 0 Å². The van der Waals surface area contributed by atoms with Crippen molar-refractivity contribution in [2.24, 2.45) is 0 Å². The standard InChI is InChI=1S/C16H20N2O/c1-3-13-11-18-8-7-15(13)16(17-2)10-12-5-4-6-14(19)9-12/h4-9,11,16-17,19H,3,10H2,1-2H3. The quantitative estimate of drug-likeness (QED) is 0.864. The van der Waals surface area contributed by atoms with Crippen molar-refractivity contribution in [2.45, 2.75) is 25.8 Å². The second-order valence-corrected chi connectivity index (χ2v) is 4.64. The van der Waals surface area contributed by atoms with Gasteiger partial charge in [0.15, 0.2) is 0 Å². The van der Waals surface area contributed by atoms with E-state index in [1.165, 1.54) is 11.1 Å². The highest BCUT2D eigenvalue weighted by atomic mass is 16.3. The zero-order valence-electron chi connectivity index (χ0n) is 11.4. The number of hydrogen-bond acceptors (Lipinski definition) is 3. The van der Waals surface area contributed by atoms with Crippen molar-refractivity contribution in [1.29, 1.82) is 0 Å². The molecule has 0 aliphatic carbocycles. The predicted molar refractivity (Wildman–Crippen MR) is 77.2 cm³/mol. The van der Waals surface area contributed by atoms with E-state index in [1.807, 2.05) is 37.6 Å². The summed E-state index contributed by atoms with van der Waals surface area (Å²) >= 11 is 0. The number of rotatable bonds is 5. The van der Waals surface area contributed by atoms with Crippen molar-refractivity contribution < 1.29 is 5.11 Å². The molecule has 100 valence electrons. The summed E-state index contributed by atoms with van der Waals surface area (Å²) < 4.78 is 0. The SMILES string of the molecule is CCc1cnccc1C(Cc1cccc(O)c1)NC. The number of phenolic OH excluding ortho intramolecular Hbond substituents is 1. The Labute approximate surface area is 114 Å². The van der Waals surface area contributed by atoms with Crippen LogP contribution < -0.4 is 5.32 Å². The lowest BCUT2D eigenvalue weighted by molar-refractivity contribution is 0.473. The third-order valence-electron chi connectivity index (χ3n) is 3.40. The Hall–Kier alpha value is -1.87. The Bertz CT molecular complexity index is 540. The first-order valence-corrected chi connectivity index (χ1v) is 6.62. The number of hydrogen-bond donors (Lipinski definition) is 2. The lowest BCUT2D eigenvalue weighted by Crippen LogP contribution is -2.20. The van der Waals surface area contributed by atoms with Gasteiger partial charge >= 0.3 is 0 Å². The average Bonchev–Trinajstić information content (AvgIpc) is 2.45. The number of aryl methyl sites for hydroxylation is 1. The molecule has 2 aromatic rings. The second kappa shape index (κ2) is 6.34. The van der Waals surface area contributed by atoms with Gasteiger partial charge in [0.05, 0.1) is 0 Å². The van der Waals surface area contributed by atoms with Gasteiger partial charge in [0.25, 0.3) is 0 Å². The number of pyridine rings is 1. The van der Waals surface area contributed by atoms with E-state index in [4.69, 9.17) is 0 Å². The maximum absolute atomic E-state index is 9.54. The molecular formula is C16H20N2O. The van der Waals surface area contributed by atoms with Gasteiger partial charge in [-0.25, -0.2) is 0 Å². The summed E-state index contributed by atoms with van der Waals surface area (Å²) in [7, 11) is 1.97. The summed E-state index contributed by atoms with van der Waals surface area (Å²) in [5.74, 6) is 0.317. The molecule has 2 N–H and O–H groups in total. The summed E-state index contributed by atoms with van der Waals surface area (Å²) in [6.07, 6.45) is 5.59. The monoisotopic (exact) mass is 256 g/mol. The summed E-state index contributed by atoms with van der Waals surface area (Å²) in [6, 6.07) is 9.74. The fraction of sp³-hybridized carbons (Fsp3) is 0.312. The number of nitrogens with zero attached hydrogens (tertiary/aromatic N) is 1. The molecule has 1 unspecified atom stereocenters. The highest BCUT2D eigenvalue weighted by molar-refractivity contribution is 5.32. The molecule has 0 aliphatic heterocycles. The van der Waals surface area contributed by atoms with Gasteiger partial charge in [-0.3, -0.25) is 4.98 Å². The molecule has 0 fully saturated rings. The third kappa shape index (κ3) is 3.32. The van der Waals surface area contributed by atoms with Crippen LogP contribution in [0.25, 0.3) is 0 Å². The van der Waals surface area contributed by atoms with Gasteiger partial charge in [-0.05, 0) is 54.8 Å². The van der Waals surface area contributed by atoms with Crippen LogP contribution in [0.4, 0.5) is 0 Å². The van der Waals surface area contributed by atoms with Gasteiger partial charge in [0.2, 0.25) is 0 Å². The first-order chi connectivity index (χ1) is 9.24. The van der Waals surface area contributed by atoms with Crippen LogP contribution in [-0.2, 0) is 12.8 Å². The van der Waals surface area contributed by atoms with Crippen LogP contribution in [0.15, 0.2) is 42.7 Å².